The van der Waals surface area contributed by atoms with E-state index in [9.17, 15) is 18.0 Å². The lowest BCUT2D eigenvalue weighted by Crippen LogP contribution is -2.55. The number of thioether (sulfide) groups is 1. The summed E-state index contributed by atoms with van der Waals surface area (Å²) in [5, 5.41) is 9.22. The molecule has 3 heterocycles. The van der Waals surface area contributed by atoms with Gasteiger partial charge in [0.15, 0.2) is 5.17 Å². The number of hydrogen-bond donors (Lipinski definition) is 1. The summed E-state index contributed by atoms with van der Waals surface area (Å²) >= 11 is 7.16. The Morgan fingerprint density at radius 3 is 2.81 bits per heavy atom. The molecule has 2 unspecified atom stereocenters. The first-order chi connectivity index (χ1) is 17.1. The highest BCUT2D eigenvalue weighted by molar-refractivity contribution is 8.18. The summed E-state index contributed by atoms with van der Waals surface area (Å²) in [5.41, 5.74) is 0.780. The van der Waals surface area contributed by atoms with Gasteiger partial charge in [-0.3, -0.25) is 9.48 Å². The highest BCUT2D eigenvalue weighted by Gasteiger charge is 2.34. The first-order valence-corrected chi connectivity index (χ1v) is 12.6. The summed E-state index contributed by atoms with van der Waals surface area (Å²) in [6.45, 7) is 5.76. The van der Waals surface area contributed by atoms with Gasteiger partial charge in [0.2, 0.25) is 0 Å². The van der Waals surface area contributed by atoms with Gasteiger partial charge < -0.3 is 10.2 Å². The molecule has 1 fully saturated rings. The fourth-order valence-corrected chi connectivity index (χ4v) is 5.59. The zero-order chi connectivity index (χ0) is 25.6. The molecule has 11 heteroatoms. The summed E-state index contributed by atoms with van der Waals surface area (Å²) in [7, 11) is 0. The Hall–Kier alpha value is -2.82. The van der Waals surface area contributed by atoms with Crippen LogP contribution >= 0.6 is 23.4 Å². The first kappa shape index (κ1) is 24.9. The number of nitrogens with zero attached hydrogens (tertiary/aromatic N) is 4. The van der Waals surface area contributed by atoms with E-state index in [1.807, 2.05) is 12.1 Å². The van der Waals surface area contributed by atoms with Gasteiger partial charge in [-0.25, -0.2) is 0 Å². The standard InChI is InChI=1S/C25H23ClF3N5OS/c1-14-12-33(15(2)10-30-14)24-32-23(35)22(36-24)8-16-3-6-21-18(7-16)11-31-34(21)13-17-4-5-19(26)9-20(17)25(27,28)29/h3-9,11,14-15,30H,10,12-13H2,1-2H3/b22-8-. The van der Waals surface area contributed by atoms with Crippen LogP contribution in [0.4, 0.5) is 13.2 Å². The second-order valence-corrected chi connectivity index (χ2v) is 10.5. The number of aromatic nitrogens is 2. The number of carbonyl (C=O) groups excluding carboxylic acids is 1. The summed E-state index contributed by atoms with van der Waals surface area (Å²) in [4.78, 5) is 19.6. The molecule has 0 spiro atoms. The molecule has 2 atom stereocenters. The van der Waals surface area contributed by atoms with Crippen LogP contribution in [0.25, 0.3) is 17.0 Å². The molecule has 36 heavy (non-hydrogen) atoms. The Kier molecular flexibility index (Phi) is 6.61. The number of carbonyl (C=O) groups is 1. The second kappa shape index (κ2) is 9.57. The van der Waals surface area contributed by atoms with Gasteiger partial charge in [0.25, 0.3) is 5.91 Å². The number of fused-ring (bicyclic) bond motifs is 1. The number of amidine groups is 1. The van der Waals surface area contributed by atoms with Crippen LogP contribution in [-0.2, 0) is 17.5 Å². The fourth-order valence-electron chi connectivity index (χ4n) is 4.39. The number of amides is 1. The van der Waals surface area contributed by atoms with Gasteiger partial charge in [-0.2, -0.15) is 23.3 Å². The topological polar surface area (TPSA) is 62.5 Å². The average Bonchev–Trinajstić information content (AvgIpc) is 3.39. The van der Waals surface area contributed by atoms with E-state index >= 15 is 0 Å². The molecule has 3 aromatic rings. The van der Waals surface area contributed by atoms with Gasteiger partial charge >= 0.3 is 6.18 Å². The third-order valence-electron chi connectivity index (χ3n) is 6.28. The van der Waals surface area contributed by atoms with Crippen LogP contribution < -0.4 is 5.32 Å². The van der Waals surface area contributed by atoms with Crippen molar-refractivity contribution in [2.45, 2.75) is 38.7 Å². The van der Waals surface area contributed by atoms with Crippen molar-refractivity contribution in [3.63, 3.8) is 0 Å². The van der Waals surface area contributed by atoms with Crippen molar-refractivity contribution in [2.24, 2.45) is 4.99 Å². The number of hydrogen-bond acceptors (Lipinski definition) is 5. The normalized spacial score (nSPS) is 22.1. The maximum atomic E-state index is 13.5. The zero-order valence-corrected chi connectivity index (χ0v) is 21.1. The number of aliphatic imine (C=N–C) groups is 1. The van der Waals surface area contributed by atoms with Crippen molar-refractivity contribution in [1.29, 1.82) is 0 Å². The minimum atomic E-state index is -4.52. The van der Waals surface area contributed by atoms with Crippen molar-refractivity contribution >= 4 is 51.4 Å². The van der Waals surface area contributed by atoms with E-state index in [1.54, 1.807) is 18.3 Å². The molecule has 0 saturated carbocycles. The number of piperazine rings is 1. The predicted octanol–water partition coefficient (Wildman–Crippen LogP) is 5.41. The van der Waals surface area contributed by atoms with Crippen LogP contribution in [0.5, 0.6) is 0 Å². The summed E-state index contributed by atoms with van der Waals surface area (Å²) in [6.07, 6.45) is -1.12. The van der Waals surface area contributed by atoms with Crippen molar-refractivity contribution in [3.8, 4) is 0 Å². The maximum Gasteiger partial charge on any atom is 0.416 e. The Morgan fingerprint density at radius 2 is 2.03 bits per heavy atom. The lowest BCUT2D eigenvalue weighted by molar-refractivity contribution is -0.138. The molecule has 2 aromatic carbocycles. The maximum absolute atomic E-state index is 13.5. The molecule has 1 aromatic heterocycles. The van der Waals surface area contributed by atoms with Crippen LogP contribution in [0.1, 0.15) is 30.5 Å². The Labute approximate surface area is 215 Å². The number of halogens is 4. The molecule has 5 rings (SSSR count). The Bertz CT molecular complexity index is 1400. The smallest absolute Gasteiger partial charge is 0.345 e. The van der Waals surface area contributed by atoms with Gasteiger partial charge in [-0.05, 0) is 67.1 Å². The minimum absolute atomic E-state index is 0.0291. The zero-order valence-electron chi connectivity index (χ0n) is 19.5. The quantitative estimate of drug-likeness (QED) is 0.456. The average molecular weight is 534 g/mol. The third-order valence-corrected chi connectivity index (χ3v) is 7.54. The van der Waals surface area contributed by atoms with E-state index in [4.69, 9.17) is 11.6 Å². The van der Waals surface area contributed by atoms with Crippen LogP contribution in [0.2, 0.25) is 5.02 Å². The van der Waals surface area contributed by atoms with E-state index in [0.717, 1.165) is 30.1 Å². The van der Waals surface area contributed by atoms with Gasteiger partial charge in [0, 0.05) is 35.6 Å². The lowest BCUT2D eigenvalue weighted by Gasteiger charge is -2.38. The Balaban J connectivity index is 1.37. The molecular formula is C25H23ClF3N5OS. The van der Waals surface area contributed by atoms with E-state index in [1.165, 1.54) is 28.6 Å². The van der Waals surface area contributed by atoms with Gasteiger partial charge in [0.05, 0.1) is 28.7 Å². The lowest BCUT2D eigenvalue weighted by atomic mass is 10.1. The number of nitrogens with one attached hydrogen (secondary N) is 1. The highest BCUT2D eigenvalue weighted by Crippen LogP contribution is 2.35. The molecule has 2 aliphatic rings. The van der Waals surface area contributed by atoms with E-state index in [2.05, 4.69) is 34.2 Å². The van der Waals surface area contributed by atoms with E-state index in [-0.39, 0.29) is 29.1 Å². The van der Waals surface area contributed by atoms with Crippen LogP contribution in [-0.4, -0.2) is 50.9 Å². The van der Waals surface area contributed by atoms with Crippen LogP contribution in [0.3, 0.4) is 0 Å². The summed E-state index contributed by atoms with van der Waals surface area (Å²) in [5.74, 6) is -0.272. The SMILES string of the molecule is CC1CN(C2=NC(=O)/C(=C/c3ccc4c(cnn4Cc4ccc(Cl)cc4C(F)(F)F)c3)S2)C(C)CN1. The van der Waals surface area contributed by atoms with Crippen LogP contribution in [0.15, 0.2) is 52.5 Å². The molecule has 2 aliphatic heterocycles. The number of benzene rings is 2. The first-order valence-electron chi connectivity index (χ1n) is 11.4. The third kappa shape index (κ3) is 5.02. The van der Waals surface area contributed by atoms with E-state index in [0.29, 0.717) is 21.6 Å². The molecule has 6 nitrogen and oxygen atoms in total. The van der Waals surface area contributed by atoms with E-state index < -0.39 is 11.7 Å². The molecular weight excluding hydrogens is 511 g/mol. The largest absolute Gasteiger partial charge is 0.416 e. The number of rotatable bonds is 3. The fraction of sp³-hybridized carbons (Fsp3) is 0.320. The van der Waals surface area contributed by atoms with Crippen molar-refractivity contribution < 1.29 is 18.0 Å². The van der Waals surface area contributed by atoms with Gasteiger partial charge in [-0.1, -0.05) is 23.7 Å². The molecule has 0 bridgehead atoms. The monoisotopic (exact) mass is 533 g/mol. The van der Waals surface area contributed by atoms with Crippen LogP contribution in [0, 0.1) is 0 Å². The minimum Gasteiger partial charge on any atom is -0.345 e. The second-order valence-electron chi connectivity index (χ2n) is 9.04. The molecule has 1 saturated heterocycles. The summed E-state index contributed by atoms with van der Waals surface area (Å²) < 4.78 is 42.0. The highest BCUT2D eigenvalue weighted by atomic mass is 35.5. The van der Waals surface area contributed by atoms with Crippen molar-refractivity contribution in [2.75, 3.05) is 13.1 Å². The predicted molar refractivity (Wildman–Crippen MR) is 137 cm³/mol. The molecule has 1 N–H and O–H groups in total. The van der Waals surface area contributed by atoms with Crippen molar-refractivity contribution in [3.05, 3.63) is 69.2 Å². The molecule has 1 amide bonds. The number of alkyl halides is 3. The molecule has 0 radical (unpaired) electrons. The van der Waals surface area contributed by atoms with Gasteiger partial charge in [0.1, 0.15) is 0 Å². The molecule has 188 valence electrons. The molecule has 0 aliphatic carbocycles. The van der Waals surface area contributed by atoms with Gasteiger partial charge in [-0.15, -0.1) is 0 Å². The summed E-state index contributed by atoms with van der Waals surface area (Å²) in [6, 6.07) is 9.77. The Morgan fingerprint density at radius 1 is 1.22 bits per heavy atom. The van der Waals surface area contributed by atoms with Crippen molar-refractivity contribution in [1.82, 2.24) is 20.0 Å².